The van der Waals surface area contributed by atoms with Gasteiger partial charge in [0.1, 0.15) is 25.5 Å². The molecular formula is C33H52NO3+. The van der Waals surface area contributed by atoms with Crippen molar-refractivity contribution in [3.05, 3.63) is 65.7 Å². The molecule has 0 spiro atoms. The standard InChI is InChI=1S/C33H52NO3/c1-4-5-6-7-8-9-10-11-12-16-22-31-23-17-18-24-32(31)36-27-28-37-33(35)25-19-26-34(2,3)29-30-20-14-13-15-21-30/h13-15,17-18,20-21,23-24H,4-12,16,19,22,25-29H2,1-3H3/q+1. The lowest BCUT2D eigenvalue weighted by Crippen LogP contribution is -2.39. The largest absolute Gasteiger partial charge is 0.490 e. The predicted octanol–water partition coefficient (Wildman–Crippen LogP) is 8.13. The summed E-state index contributed by atoms with van der Waals surface area (Å²) in [6, 6.07) is 18.8. The van der Waals surface area contributed by atoms with Crippen molar-refractivity contribution in [3.63, 3.8) is 0 Å². The molecule has 2 aromatic carbocycles. The number of nitrogens with zero attached hydrogens (tertiary/aromatic N) is 1. The zero-order valence-electron chi connectivity index (χ0n) is 23.9. The van der Waals surface area contributed by atoms with Gasteiger partial charge in [0.2, 0.25) is 0 Å². The minimum atomic E-state index is -0.137. The van der Waals surface area contributed by atoms with E-state index in [-0.39, 0.29) is 5.97 Å². The molecule has 0 saturated carbocycles. The summed E-state index contributed by atoms with van der Waals surface area (Å²) in [6.07, 6.45) is 15.8. The van der Waals surface area contributed by atoms with Crippen LogP contribution in [0, 0.1) is 0 Å². The van der Waals surface area contributed by atoms with Gasteiger partial charge in [-0.2, -0.15) is 0 Å². The molecule has 206 valence electrons. The maximum absolute atomic E-state index is 12.2. The van der Waals surface area contributed by atoms with Crippen LogP contribution >= 0.6 is 0 Å². The molecule has 0 saturated heterocycles. The first-order chi connectivity index (χ1) is 18.0. The monoisotopic (exact) mass is 510 g/mol. The summed E-state index contributed by atoms with van der Waals surface area (Å²) in [4.78, 5) is 12.2. The number of carbonyl (C=O) groups excluding carboxylic acids is 1. The van der Waals surface area contributed by atoms with E-state index in [1.54, 1.807) is 0 Å². The SMILES string of the molecule is CCCCCCCCCCCCc1ccccc1OCCOC(=O)CCC[N+](C)(C)Cc1ccccc1. The Morgan fingerprint density at radius 2 is 1.35 bits per heavy atom. The summed E-state index contributed by atoms with van der Waals surface area (Å²) in [5.74, 6) is 0.788. The molecule has 0 N–H and O–H groups in total. The van der Waals surface area contributed by atoms with Crippen molar-refractivity contribution in [2.24, 2.45) is 0 Å². The molecule has 37 heavy (non-hydrogen) atoms. The molecule has 0 bridgehead atoms. The Bertz CT molecular complexity index is 850. The molecule has 0 unspecified atom stereocenters. The molecule has 0 heterocycles. The van der Waals surface area contributed by atoms with Crippen molar-refractivity contribution in [1.82, 2.24) is 0 Å². The van der Waals surface area contributed by atoms with Crippen LogP contribution < -0.4 is 4.74 Å². The second-order valence-corrected chi connectivity index (χ2v) is 11.0. The summed E-state index contributed by atoms with van der Waals surface area (Å²) < 4.78 is 12.3. The van der Waals surface area contributed by atoms with E-state index < -0.39 is 0 Å². The van der Waals surface area contributed by atoms with Crippen LogP contribution in [0.25, 0.3) is 0 Å². The number of esters is 1. The van der Waals surface area contributed by atoms with Crippen LogP contribution in [0.1, 0.15) is 95.1 Å². The van der Waals surface area contributed by atoms with Crippen LogP contribution in [0.2, 0.25) is 0 Å². The number of rotatable bonds is 21. The van der Waals surface area contributed by atoms with Crippen LogP contribution in [-0.2, 0) is 22.5 Å². The number of ether oxygens (including phenoxy) is 2. The lowest BCUT2D eigenvalue weighted by Gasteiger charge is -2.29. The number of benzene rings is 2. The van der Waals surface area contributed by atoms with E-state index in [9.17, 15) is 4.79 Å². The topological polar surface area (TPSA) is 35.5 Å². The van der Waals surface area contributed by atoms with Gasteiger partial charge < -0.3 is 14.0 Å². The number of para-hydroxylation sites is 1. The number of hydrogen-bond acceptors (Lipinski definition) is 3. The molecule has 2 rings (SSSR count). The van der Waals surface area contributed by atoms with Gasteiger partial charge in [0, 0.05) is 12.0 Å². The van der Waals surface area contributed by atoms with Crippen LogP contribution in [-0.4, -0.2) is 44.3 Å². The lowest BCUT2D eigenvalue weighted by atomic mass is 10.0. The van der Waals surface area contributed by atoms with Crippen molar-refractivity contribution in [2.45, 2.75) is 96.9 Å². The molecule has 0 atom stereocenters. The second-order valence-electron chi connectivity index (χ2n) is 11.0. The van der Waals surface area contributed by atoms with Gasteiger partial charge in [-0.3, -0.25) is 4.79 Å². The van der Waals surface area contributed by atoms with E-state index in [0.29, 0.717) is 19.6 Å². The summed E-state index contributed by atoms with van der Waals surface area (Å²) >= 11 is 0. The third-order valence-corrected chi connectivity index (χ3v) is 6.97. The van der Waals surface area contributed by atoms with Gasteiger partial charge >= 0.3 is 5.97 Å². The Balaban J connectivity index is 1.54. The molecule has 0 fully saturated rings. The molecule has 0 aliphatic rings. The zero-order valence-corrected chi connectivity index (χ0v) is 23.9. The normalized spacial score (nSPS) is 11.4. The number of aryl methyl sites for hydroxylation is 1. The molecule has 0 amide bonds. The molecule has 0 aliphatic heterocycles. The minimum Gasteiger partial charge on any atom is -0.490 e. The van der Waals surface area contributed by atoms with E-state index in [1.165, 1.54) is 75.3 Å². The Morgan fingerprint density at radius 3 is 2.05 bits per heavy atom. The van der Waals surface area contributed by atoms with Gasteiger partial charge in [-0.25, -0.2) is 0 Å². The van der Waals surface area contributed by atoms with Crippen LogP contribution in [0.15, 0.2) is 54.6 Å². The Morgan fingerprint density at radius 1 is 0.730 bits per heavy atom. The maximum atomic E-state index is 12.2. The molecule has 0 aliphatic carbocycles. The summed E-state index contributed by atoms with van der Waals surface area (Å²) in [6.45, 7) is 4.87. The van der Waals surface area contributed by atoms with Gasteiger partial charge in [0.25, 0.3) is 0 Å². The van der Waals surface area contributed by atoms with Crippen molar-refractivity contribution in [2.75, 3.05) is 33.9 Å². The number of hydrogen-bond donors (Lipinski definition) is 0. The molecule has 4 heteroatoms. The van der Waals surface area contributed by atoms with Gasteiger partial charge in [-0.05, 0) is 24.5 Å². The molecule has 2 aromatic rings. The average Bonchev–Trinajstić information content (AvgIpc) is 2.88. The first-order valence-electron chi connectivity index (χ1n) is 14.7. The minimum absolute atomic E-state index is 0.137. The van der Waals surface area contributed by atoms with Crippen molar-refractivity contribution >= 4 is 5.97 Å². The van der Waals surface area contributed by atoms with Gasteiger partial charge in [0.05, 0.1) is 27.1 Å². The average molecular weight is 511 g/mol. The second kappa shape index (κ2) is 18.8. The van der Waals surface area contributed by atoms with E-state index in [1.807, 2.05) is 18.2 Å². The predicted molar refractivity (Wildman–Crippen MR) is 155 cm³/mol. The molecule has 4 nitrogen and oxygen atoms in total. The maximum Gasteiger partial charge on any atom is 0.306 e. The first-order valence-corrected chi connectivity index (χ1v) is 14.7. The Kier molecular flexibility index (Phi) is 15.7. The third kappa shape index (κ3) is 14.9. The molecule has 0 aromatic heterocycles. The zero-order chi connectivity index (χ0) is 26.6. The highest BCUT2D eigenvalue weighted by Gasteiger charge is 2.16. The summed E-state index contributed by atoms with van der Waals surface area (Å²) in [5.41, 5.74) is 2.58. The number of unbranched alkanes of at least 4 members (excludes halogenated alkanes) is 9. The third-order valence-electron chi connectivity index (χ3n) is 6.97. The fourth-order valence-corrected chi connectivity index (χ4v) is 4.84. The van der Waals surface area contributed by atoms with E-state index >= 15 is 0 Å². The first kappa shape index (κ1) is 30.9. The highest BCUT2D eigenvalue weighted by Crippen LogP contribution is 2.21. The summed E-state index contributed by atoms with van der Waals surface area (Å²) in [7, 11) is 4.42. The highest BCUT2D eigenvalue weighted by atomic mass is 16.6. The summed E-state index contributed by atoms with van der Waals surface area (Å²) in [5, 5.41) is 0. The van der Waals surface area contributed by atoms with Crippen LogP contribution in [0.4, 0.5) is 0 Å². The fourth-order valence-electron chi connectivity index (χ4n) is 4.84. The molecule has 0 radical (unpaired) electrons. The fraction of sp³-hybridized carbons (Fsp3) is 0.606. The van der Waals surface area contributed by atoms with Gasteiger partial charge in [0.15, 0.2) is 0 Å². The van der Waals surface area contributed by atoms with E-state index in [0.717, 1.165) is 36.2 Å². The van der Waals surface area contributed by atoms with Crippen LogP contribution in [0.5, 0.6) is 5.75 Å². The highest BCUT2D eigenvalue weighted by molar-refractivity contribution is 5.69. The molecular weight excluding hydrogens is 458 g/mol. The number of carbonyl (C=O) groups is 1. The Hall–Kier alpha value is -2.33. The van der Waals surface area contributed by atoms with Gasteiger partial charge in [-0.1, -0.05) is 113 Å². The van der Waals surface area contributed by atoms with E-state index in [4.69, 9.17) is 9.47 Å². The van der Waals surface area contributed by atoms with Crippen LogP contribution in [0.3, 0.4) is 0 Å². The van der Waals surface area contributed by atoms with Crippen molar-refractivity contribution < 1.29 is 18.8 Å². The lowest BCUT2D eigenvalue weighted by molar-refractivity contribution is -0.903. The Labute approximate surface area is 227 Å². The number of quaternary nitrogens is 1. The van der Waals surface area contributed by atoms with Crippen molar-refractivity contribution in [1.29, 1.82) is 0 Å². The van der Waals surface area contributed by atoms with E-state index in [2.05, 4.69) is 57.4 Å². The smallest absolute Gasteiger partial charge is 0.306 e. The quantitative estimate of drug-likeness (QED) is 0.0966. The van der Waals surface area contributed by atoms with Crippen molar-refractivity contribution in [3.8, 4) is 5.75 Å². The van der Waals surface area contributed by atoms with Gasteiger partial charge in [-0.15, -0.1) is 0 Å².